The van der Waals surface area contributed by atoms with E-state index in [2.05, 4.69) is 25.5 Å². The molecule has 0 unspecified atom stereocenters. The van der Waals surface area contributed by atoms with Gasteiger partial charge in [-0.3, -0.25) is 19.7 Å². The average Bonchev–Trinajstić information content (AvgIpc) is 2.68. The van der Waals surface area contributed by atoms with Crippen LogP contribution >= 0.6 is 0 Å². The van der Waals surface area contributed by atoms with E-state index in [4.69, 9.17) is 4.74 Å². The molecule has 2 aromatic heterocycles. The smallest absolute Gasteiger partial charge is 0.252 e. The molecule has 1 aliphatic heterocycles. The van der Waals surface area contributed by atoms with E-state index in [9.17, 15) is 4.79 Å². The molecule has 2 N–H and O–H groups in total. The molecule has 3 heterocycles. The molecular formula is C18H23N5O2. The first-order chi connectivity index (χ1) is 12.3. The van der Waals surface area contributed by atoms with Crippen molar-refractivity contribution in [3.8, 4) is 0 Å². The van der Waals surface area contributed by atoms with Crippen LogP contribution in [0.5, 0.6) is 0 Å². The summed E-state index contributed by atoms with van der Waals surface area (Å²) in [6, 6.07) is 5.71. The lowest BCUT2D eigenvalue weighted by molar-refractivity contribution is 0.0383. The largest absolute Gasteiger partial charge is 0.380 e. The van der Waals surface area contributed by atoms with E-state index in [1.807, 2.05) is 24.4 Å². The van der Waals surface area contributed by atoms with Gasteiger partial charge in [0, 0.05) is 57.5 Å². The molecule has 0 radical (unpaired) electrons. The molecule has 0 aromatic carbocycles. The van der Waals surface area contributed by atoms with E-state index in [0.717, 1.165) is 44.1 Å². The molecule has 3 rings (SSSR count). The van der Waals surface area contributed by atoms with Crippen molar-refractivity contribution in [1.82, 2.24) is 20.2 Å². The number of ether oxygens (including phenoxy) is 1. The third kappa shape index (κ3) is 5.51. The Balaban J connectivity index is 1.47. The monoisotopic (exact) mass is 341 g/mol. The maximum atomic E-state index is 12.3. The third-order valence-electron chi connectivity index (χ3n) is 4.04. The Hall–Kier alpha value is -2.51. The molecule has 1 aliphatic rings. The number of morpholine rings is 1. The quantitative estimate of drug-likeness (QED) is 0.786. The van der Waals surface area contributed by atoms with Gasteiger partial charge in [0.15, 0.2) is 0 Å². The molecule has 0 bridgehead atoms. The number of rotatable bonds is 7. The topological polar surface area (TPSA) is 79.4 Å². The van der Waals surface area contributed by atoms with Crippen LogP contribution in [0.25, 0.3) is 0 Å². The fourth-order valence-corrected chi connectivity index (χ4v) is 2.62. The molecule has 0 aliphatic carbocycles. The van der Waals surface area contributed by atoms with Crippen LogP contribution < -0.4 is 10.6 Å². The van der Waals surface area contributed by atoms with Gasteiger partial charge in [0.05, 0.1) is 24.5 Å². The van der Waals surface area contributed by atoms with E-state index < -0.39 is 0 Å². The van der Waals surface area contributed by atoms with Crippen LogP contribution in [0.2, 0.25) is 0 Å². The Morgan fingerprint density at radius 1 is 1.20 bits per heavy atom. The lowest BCUT2D eigenvalue weighted by Gasteiger charge is -2.26. The number of carbonyl (C=O) groups excluding carboxylic acids is 1. The Kier molecular flexibility index (Phi) is 6.30. The van der Waals surface area contributed by atoms with Crippen molar-refractivity contribution in [2.45, 2.75) is 6.54 Å². The van der Waals surface area contributed by atoms with Crippen LogP contribution in [0.3, 0.4) is 0 Å². The van der Waals surface area contributed by atoms with Gasteiger partial charge in [-0.05, 0) is 17.7 Å². The number of amides is 1. The van der Waals surface area contributed by atoms with Gasteiger partial charge in [0.25, 0.3) is 5.91 Å². The second kappa shape index (κ2) is 9.10. The maximum Gasteiger partial charge on any atom is 0.252 e. The summed E-state index contributed by atoms with van der Waals surface area (Å²) < 4.78 is 5.32. The number of pyridine rings is 2. The fourth-order valence-electron chi connectivity index (χ4n) is 2.62. The zero-order chi connectivity index (χ0) is 17.3. The van der Waals surface area contributed by atoms with Crippen LogP contribution in [-0.4, -0.2) is 60.2 Å². The molecule has 25 heavy (non-hydrogen) atoms. The Bertz CT molecular complexity index is 674. The van der Waals surface area contributed by atoms with Crippen molar-refractivity contribution in [1.29, 1.82) is 0 Å². The predicted octanol–water partition coefficient (Wildman–Crippen LogP) is 1.15. The molecule has 132 valence electrons. The maximum absolute atomic E-state index is 12.3. The summed E-state index contributed by atoms with van der Waals surface area (Å²) in [4.78, 5) is 22.8. The number of hydrogen-bond acceptors (Lipinski definition) is 6. The number of nitrogens with one attached hydrogen (secondary N) is 2. The minimum atomic E-state index is -0.106. The Labute approximate surface area is 147 Å². The summed E-state index contributed by atoms with van der Waals surface area (Å²) in [5, 5.41) is 6.21. The van der Waals surface area contributed by atoms with Crippen molar-refractivity contribution in [3.63, 3.8) is 0 Å². The van der Waals surface area contributed by atoms with Gasteiger partial charge in [0.1, 0.15) is 0 Å². The highest BCUT2D eigenvalue weighted by Crippen LogP contribution is 2.10. The number of hydrogen-bond donors (Lipinski definition) is 2. The van der Waals surface area contributed by atoms with Crippen LogP contribution in [0.4, 0.5) is 5.69 Å². The summed E-state index contributed by atoms with van der Waals surface area (Å²) in [6.07, 6.45) is 6.84. The second-order valence-corrected chi connectivity index (χ2v) is 5.89. The number of aromatic nitrogens is 2. The number of nitrogens with zero attached hydrogens (tertiary/aromatic N) is 3. The highest BCUT2D eigenvalue weighted by Gasteiger charge is 2.11. The van der Waals surface area contributed by atoms with Gasteiger partial charge >= 0.3 is 0 Å². The van der Waals surface area contributed by atoms with E-state index in [1.165, 1.54) is 0 Å². The van der Waals surface area contributed by atoms with Crippen molar-refractivity contribution in [2.75, 3.05) is 44.7 Å². The summed E-state index contributed by atoms with van der Waals surface area (Å²) >= 11 is 0. The second-order valence-electron chi connectivity index (χ2n) is 5.89. The number of anilines is 1. The van der Waals surface area contributed by atoms with Crippen LogP contribution in [0, 0.1) is 0 Å². The van der Waals surface area contributed by atoms with Crippen LogP contribution in [0.15, 0.2) is 43.0 Å². The van der Waals surface area contributed by atoms with Crippen molar-refractivity contribution >= 4 is 11.6 Å². The highest BCUT2D eigenvalue weighted by molar-refractivity contribution is 5.94. The lowest BCUT2D eigenvalue weighted by Crippen LogP contribution is -2.41. The molecule has 2 aromatic rings. The summed E-state index contributed by atoms with van der Waals surface area (Å²) in [6.45, 7) is 5.46. The van der Waals surface area contributed by atoms with Crippen LogP contribution in [0.1, 0.15) is 15.9 Å². The van der Waals surface area contributed by atoms with Gasteiger partial charge < -0.3 is 15.4 Å². The molecule has 7 heteroatoms. The SMILES string of the molecule is O=C(NCCN1CCOCC1)c1cncc(NCc2cccnc2)c1. The summed E-state index contributed by atoms with van der Waals surface area (Å²) in [7, 11) is 0. The Morgan fingerprint density at radius 3 is 2.88 bits per heavy atom. The van der Waals surface area contributed by atoms with Crippen molar-refractivity contribution in [2.24, 2.45) is 0 Å². The fraction of sp³-hybridized carbons (Fsp3) is 0.389. The first-order valence-electron chi connectivity index (χ1n) is 8.47. The van der Waals surface area contributed by atoms with Gasteiger partial charge in [0.2, 0.25) is 0 Å². The van der Waals surface area contributed by atoms with Gasteiger partial charge in [-0.15, -0.1) is 0 Å². The normalized spacial score (nSPS) is 14.9. The van der Waals surface area contributed by atoms with Gasteiger partial charge in [-0.25, -0.2) is 0 Å². The first kappa shape index (κ1) is 17.3. The molecule has 1 amide bonds. The van der Waals surface area contributed by atoms with E-state index in [1.54, 1.807) is 18.6 Å². The zero-order valence-electron chi connectivity index (χ0n) is 14.1. The molecule has 1 saturated heterocycles. The Morgan fingerprint density at radius 2 is 2.08 bits per heavy atom. The molecule has 0 saturated carbocycles. The standard InChI is InChI=1S/C18H23N5O2/c24-18(21-4-5-23-6-8-25-9-7-23)16-10-17(14-20-13-16)22-12-15-2-1-3-19-11-15/h1-3,10-11,13-14,22H,4-9,12H2,(H,21,24). The zero-order valence-corrected chi connectivity index (χ0v) is 14.1. The van der Waals surface area contributed by atoms with Crippen LogP contribution in [-0.2, 0) is 11.3 Å². The minimum absolute atomic E-state index is 0.106. The minimum Gasteiger partial charge on any atom is -0.380 e. The summed E-state index contributed by atoms with van der Waals surface area (Å²) in [5.74, 6) is -0.106. The van der Waals surface area contributed by atoms with Crippen molar-refractivity contribution in [3.05, 3.63) is 54.1 Å². The highest BCUT2D eigenvalue weighted by atomic mass is 16.5. The average molecular weight is 341 g/mol. The molecule has 0 spiro atoms. The molecule has 0 atom stereocenters. The molecule has 7 nitrogen and oxygen atoms in total. The predicted molar refractivity (Wildman–Crippen MR) is 95.4 cm³/mol. The van der Waals surface area contributed by atoms with Gasteiger partial charge in [-0.1, -0.05) is 6.07 Å². The van der Waals surface area contributed by atoms with E-state index in [0.29, 0.717) is 18.7 Å². The van der Waals surface area contributed by atoms with E-state index in [-0.39, 0.29) is 5.91 Å². The summed E-state index contributed by atoms with van der Waals surface area (Å²) in [5.41, 5.74) is 2.44. The lowest BCUT2D eigenvalue weighted by atomic mass is 10.2. The third-order valence-corrected chi connectivity index (χ3v) is 4.04. The molecular weight excluding hydrogens is 318 g/mol. The molecule has 1 fully saturated rings. The van der Waals surface area contributed by atoms with Crippen molar-refractivity contribution < 1.29 is 9.53 Å². The van der Waals surface area contributed by atoms with E-state index >= 15 is 0 Å². The first-order valence-corrected chi connectivity index (χ1v) is 8.47. The van der Waals surface area contributed by atoms with Gasteiger partial charge in [-0.2, -0.15) is 0 Å². The number of carbonyl (C=O) groups is 1.